The first-order valence-electron chi connectivity index (χ1n) is 8.03. The molecular formula is C17H14ClN3O3. The third-order valence-electron chi connectivity index (χ3n) is 4.86. The molecule has 1 aliphatic carbocycles. The summed E-state index contributed by atoms with van der Waals surface area (Å²) < 4.78 is 7.23. The first kappa shape index (κ1) is 14.0. The topological polar surface area (TPSA) is 64.4 Å². The average molecular weight is 344 g/mol. The largest absolute Gasteiger partial charge is 0.458 e. The number of esters is 1. The van der Waals surface area contributed by atoms with Gasteiger partial charge in [0.2, 0.25) is 0 Å². The molecule has 1 saturated heterocycles. The molecule has 1 aromatic heterocycles. The number of amides is 1. The molecule has 1 atom stereocenters. The van der Waals surface area contributed by atoms with E-state index in [2.05, 4.69) is 4.98 Å². The van der Waals surface area contributed by atoms with Crippen molar-refractivity contribution < 1.29 is 14.3 Å². The molecule has 6 nitrogen and oxygen atoms in total. The fourth-order valence-electron chi connectivity index (χ4n) is 3.40. The van der Waals surface area contributed by atoms with Gasteiger partial charge < -0.3 is 9.64 Å². The van der Waals surface area contributed by atoms with Crippen molar-refractivity contribution in [2.45, 2.75) is 31.4 Å². The van der Waals surface area contributed by atoms with Gasteiger partial charge in [0.15, 0.2) is 5.69 Å². The van der Waals surface area contributed by atoms with Crippen LogP contribution in [0.4, 0.5) is 0 Å². The minimum atomic E-state index is -0.406. The second-order valence-corrected chi connectivity index (χ2v) is 6.80. The van der Waals surface area contributed by atoms with E-state index >= 15 is 0 Å². The van der Waals surface area contributed by atoms with Crippen molar-refractivity contribution in [3.63, 3.8) is 0 Å². The molecule has 5 rings (SSSR count). The summed E-state index contributed by atoms with van der Waals surface area (Å²) in [6.45, 7) is 0.649. The molecular weight excluding hydrogens is 330 g/mol. The van der Waals surface area contributed by atoms with Crippen molar-refractivity contribution in [3.8, 4) is 5.69 Å². The second-order valence-electron chi connectivity index (χ2n) is 6.39. The maximum atomic E-state index is 12.8. The predicted molar refractivity (Wildman–Crippen MR) is 85.4 cm³/mol. The van der Waals surface area contributed by atoms with Gasteiger partial charge >= 0.3 is 5.97 Å². The number of halogens is 1. The Balaban J connectivity index is 1.70. The summed E-state index contributed by atoms with van der Waals surface area (Å²) in [6, 6.07) is 5.16. The molecule has 7 heteroatoms. The van der Waals surface area contributed by atoms with Crippen molar-refractivity contribution in [2.24, 2.45) is 0 Å². The highest BCUT2D eigenvalue weighted by molar-refractivity contribution is 6.34. The van der Waals surface area contributed by atoms with Crippen molar-refractivity contribution in [1.82, 2.24) is 14.5 Å². The molecule has 0 N–H and O–H groups in total. The van der Waals surface area contributed by atoms with Crippen LogP contribution in [0.5, 0.6) is 0 Å². The molecule has 0 bridgehead atoms. The molecule has 1 amide bonds. The van der Waals surface area contributed by atoms with E-state index < -0.39 is 5.97 Å². The summed E-state index contributed by atoms with van der Waals surface area (Å²) in [5.41, 5.74) is 2.15. The zero-order valence-corrected chi connectivity index (χ0v) is 13.5. The summed E-state index contributed by atoms with van der Waals surface area (Å²) in [6.07, 6.45) is 4.22. The highest BCUT2D eigenvalue weighted by Crippen LogP contribution is 2.42. The van der Waals surface area contributed by atoms with Crippen molar-refractivity contribution in [2.75, 3.05) is 6.54 Å². The monoisotopic (exact) mass is 343 g/mol. The third kappa shape index (κ3) is 1.86. The standard InChI is InChI=1S/C17H14ClN3O3/c18-10-2-1-3-11-13(10)16(22)20-7-6-12(20)15-14(19-8-21(11)15)17(23)24-9-4-5-9/h1-3,8-9,12H,4-7H2/t12-/m0/s1. The Kier molecular flexibility index (Phi) is 2.83. The molecule has 122 valence electrons. The van der Waals surface area contributed by atoms with Crippen LogP contribution in [0, 0.1) is 0 Å². The van der Waals surface area contributed by atoms with Gasteiger partial charge in [0.1, 0.15) is 12.4 Å². The lowest BCUT2D eigenvalue weighted by molar-refractivity contribution is 0.0407. The number of carbonyl (C=O) groups is 2. The number of aromatic nitrogens is 2. The van der Waals surface area contributed by atoms with Crippen LogP contribution in [0.25, 0.3) is 5.69 Å². The summed E-state index contributed by atoms with van der Waals surface area (Å²) in [7, 11) is 0. The Morgan fingerprint density at radius 1 is 1.29 bits per heavy atom. The van der Waals surface area contributed by atoms with Crippen LogP contribution in [-0.2, 0) is 4.74 Å². The van der Waals surface area contributed by atoms with E-state index in [0.717, 1.165) is 25.0 Å². The summed E-state index contributed by atoms with van der Waals surface area (Å²) in [5.74, 6) is -0.506. The fourth-order valence-corrected chi connectivity index (χ4v) is 3.65. The quantitative estimate of drug-likeness (QED) is 0.786. The van der Waals surface area contributed by atoms with Crippen molar-refractivity contribution in [3.05, 3.63) is 46.5 Å². The van der Waals surface area contributed by atoms with Crippen molar-refractivity contribution in [1.29, 1.82) is 0 Å². The van der Waals surface area contributed by atoms with Gasteiger partial charge in [-0.3, -0.25) is 9.36 Å². The van der Waals surface area contributed by atoms with E-state index in [1.165, 1.54) is 0 Å². The molecule has 0 radical (unpaired) electrons. The summed E-state index contributed by atoms with van der Waals surface area (Å²) >= 11 is 6.29. The maximum absolute atomic E-state index is 12.8. The van der Waals surface area contributed by atoms with Crippen LogP contribution in [-0.4, -0.2) is 39.0 Å². The third-order valence-corrected chi connectivity index (χ3v) is 5.17. The molecule has 2 aromatic rings. The van der Waals surface area contributed by atoms with Crippen LogP contribution >= 0.6 is 11.6 Å². The van der Waals surface area contributed by atoms with Gasteiger partial charge in [0.05, 0.1) is 28.0 Å². The number of benzene rings is 1. The normalized spacial score (nSPS) is 21.3. The van der Waals surface area contributed by atoms with Crippen LogP contribution in [0.2, 0.25) is 5.02 Å². The van der Waals surface area contributed by atoms with E-state index in [9.17, 15) is 9.59 Å². The average Bonchev–Trinajstić information content (AvgIpc) is 3.23. The lowest BCUT2D eigenvalue weighted by Gasteiger charge is -2.39. The van der Waals surface area contributed by atoms with Gasteiger partial charge in [-0.05, 0) is 31.4 Å². The van der Waals surface area contributed by atoms with Gasteiger partial charge in [-0.25, -0.2) is 9.78 Å². The highest BCUT2D eigenvalue weighted by Gasteiger charge is 2.44. The number of imidazole rings is 1. The van der Waals surface area contributed by atoms with E-state index in [1.54, 1.807) is 23.4 Å². The Labute approximate surface area is 143 Å². The van der Waals surface area contributed by atoms with E-state index in [-0.39, 0.29) is 18.1 Å². The maximum Gasteiger partial charge on any atom is 0.359 e. The first-order valence-corrected chi connectivity index (χ1v) is 8.41. The molecule has 2 aliphatic heterocycles. The van der Waals surface area contributed by atoms with Gasteiger partial charge in [0, 0.05) is 6.54 Å². The molecule has 0 unspecified atom stereocenters. The van der Waals surface area contributed by atoms with Crippen LogP contribution in [0.15, 0.2) is 24.5 Å². The van der Waals surface area contributed by atoms with Gasteiger partial charge in [-0.1, -0.05) is 17.7 Å². The Bertz CT molecular complexity index is 887. The lowest BCUT2D eigenvalue weighted by atomic mass is 9.97. The first-order chi connectivity index (χ1) is 11.6. The van der Waals surface area contributed by atoms with Crippen LogP contribution < -0.4 is 0 Å². The minimum absolute atomic E-state index is 0.0153. The Morgan fingerprint density at radius 3 is 2.83 bits per heavy atom. The van der Waals surface area contributed by atoms with E-state index in [1.807, 2.05) is 10.6 Å². The number of fused-ring (bicyclic) bond motifs is 5. The van der Waals surface area contributed by atoms with Crippen LogP contribution in [0.1, 0.15) is 51.8 Å². The molecule has 3 heterocycles. The molecule has 2 fully saturated rings. The fraction of sp³-hybridized carbons (Fsp3) is 0.353. The molecule has 3 aliphatic rings. The smallest absolute Gasteiger partial charge is 0.359 e. The Hall–Kier alpha value is -2.34. The minimum Gasteiger partial charge on any atom is -0.458 e. The predicted octanol–water partition coefficient (Wildman–Crippen LogP) is 2.75. The highest BCUT2D eigenvalue weighted by atomic mass is 35.5. The number of carbonyl (C=O) groups excluding carboxylic acids is 2. The number of nitrogens with zero attached hydrogens (tertiary/aromatic N) is 3. The molecule has 0 spiro atoms. The summed E-state index contributed by atoms with van der Waals surface area (Å²) in [5, 5.41) is 0.409. The number of hydrogen-bond acceptors (Lipinski definition) is 4. The zero-order chi connectivity index (χ0) is 16.4. The number of rotatable bonds is 2. The second kappa shape index (κ2) is 4.83. The van der Waals surface area contributed by atoms with Crippen LogP contribution in [0.3, 0.4) is 0 Å². The van der Waals surface area contributed by atoms with Crippen molar-refractivity contribution >= 4 is 23.5 Å². The number of ether oxygens (including phenoxy) is 1. The van der Waals surface area contributed by atoms with E-state index in [4.69, 9.17) is 16.3 Å². The molecule has 1 aromatic carbocycles. The summed E-state index contributed by atoms with van der Waals surface area (Å²) in [4.78, 5) is 31.3. The van der Waals surface area contributed by atoms with Gasteiger partial charge in [-0.2, -0.15) is 0 Å². The lowest BCUT2D eigenvalue weighted by Crippen LogP contribution is -2.45. The van der Waals surface area contributed by atoms with E-state index in [0.29, 0.717) is 28.5 Å². The SMILES string of the molecule is O=C(OC1CC1)c1ncn2c1[C@@H]1CCN1C(=O)c1c(Cl)cccc1-2. The molecule has 1 saturated carbocycles. The van der Waals surface area contributed by atoms with Gasteiger partial charge in [-0.15, -0.1) is 0 Å². The zero-order valence-electron chi connectivity index (χ0n) is 12.7. The Morgan fingerprint density at radius 2 is 2.12 bits per heavy atom. The number of hydrogen-bond donors (Lipinski definition) is 0. The molecule has 24 heavy (non-hydrogen) atoms. The van der Waals surface area contributed by atoms with Gasteiger partial charge in [0.25, 0.3) is 5.91 Å².